The maximum Gasteiger partial charge on any atom is 0.151 e. The molecule has 0 unspecified atom stereocenters. The minimum absolute atomic E-state index is 0.768. The Morgan fingerprint density at radius 1 is 0.679 bits per heavy atom. The molecular formula is C23H21N5. The van der Waals surface area contributed by atoms with Crippen molar-refractivity contribution in [3.8, 4) is 0 Å². The van der Waals surface area contributed by atoms with Crippen LogP contribution in [-0.2, 0) is 0 Å². The van der Waals surface area contributed by atoms with Gasteiger partial charge in [-0.2, -0.15) is 5.10 Å². The molecule has 5 heteroatoms. The van der Waals surface area contributed by atoms with E-state index in [0.29, 0.717) is 0 Å². The van der Waals surface area contributed by atoms with Gasteiger partial charge in [-0.25, -0.2) is 4.68 Å². The van der Waals surface area contributed by atoms with Crippen molar-refractivity contribution in [1.82, 2.24) is 14.9 Å². The molecule has 0 saturated heterocycles. The van der Waals surface area contributed by atoms with E-state index in [0.717, 1.165) is 34.3 Å². The predicted molar refractivity (Wildman–Crippen MR) is 114 cm³/mol. The lowest BCUT2D eigenvalue weighted by Gasteiger charge is -2.25. The van der Waals surface area contributed by atoms with Gasteiger partial charge in [0.25, 0.3) is 0 Å². The molecule has 0 atom stereocenters. The van der Waals surface area contributed by atoms with E-state index in [4.69, 9.17) is 0 Å². The lowest BCUT2D eigenvalue weighted by molar-refractivity contribution is 0.799. The maximum absolute atomic E-state index is 4.48. The molecule has 0 spiro atoms. The zero-order valence-electron chi connectivity index (χ0n) is 15.9. The van der Waals surface area contributed by atoms with Crippen LogP contribution in [0.15, 0.2) is 90.0 Å². The first-order valence-corrected chi connectivity index (χ1v) is 9.15. The van der Waals surface area contributed by atoms with Gasteiger partial charge in [0.05, 0.1) is 6.21 Å². The fourth-order valence-electron chi connectivity index (χ4n) is 3.07. The van der Waals surface area contributed by atoms with Crippen molar-refractivity contribution >= 4 is 23.3 Å². The van der Waals surface area contributed by atoms with Gasteiger partial charge in [0, 0.05) is 17.1 Å². The maximum atomic E-state index is 4.48. The highest BCUT2D eigenvalue weighted by atomic mass is 15.4. The van der Waals surface area contributed by atoms with Gasteiger partial charge in [-0.15, -0.1) is 10.2 Å². The van der Waals surface area contributed by atoms with E-state index in [1.807, 2.05) is 32.2 Å². The quantitative estimate of drug-likeness (QED) is 0.453. The molecule has 0 aliphatic carbocycles. The average molecular weight is 367 g/mol. The van der Waals surface area contributed by atoms with Crippen LogP contribution in [0, 0.1) is 13.8 Å². The first kappa shape index (κ1) is 17.7. The third-order valence-corrected chi connectivity index (χ3v) is 4.45. The summed E-state index contributed by atoms with van der Waals surface area (Å²) in [6.45, 7) is 3.77. The minimum atomic E-state index is 0.768. The molecule has 28 heavy (non-hydrogen) atoms. The molecule has 0 radical (unpaired) electrons. The first-order chi connectivity index (χ1) is 13.7. The van der Waals surface area contributed by atoms with Crippen molar-refractivity contribution < 1.29 is 0 Å². The summed E-state index contributed by atoms with van der Waals surface area (Å²) >= 11 is 0. The third kappa shape index (κ3) is 3.69. The number of nitrogens with zero attached hydrogens (tertiary/aromatic N) is 5. The standard InChI is InChI=1S/C23H21N5/c1-18-25-26-19(2)28(18)24-17-20-13-15-23(16-14-20)27(21-9-5-3-6-10-21)22-11-7-4-8-12-22/h3-17H,1-2H3. The van der Waals surface area contributed by atoms with E-state index < -0.39 is 0 Å². The van der Waals surface area contributed by atoms with E-state index in [-0.39, 0.29) is 0 Å². The smallest absolute Gasteiger partial charge is 0.151 e. The van der Waals surface area contributed by atoms with E-state index in [1.165, 1.54) is 0 Å². The molecule has 1 aromatic heterocycles. The number of benzene rings is 3. The monoisotopic (exact) mass is 367 g/mol. The third-order valence-electron chi connectivity index (χ3n) is 4.45. The summed E-state index contributed by atoms with van der Waals surface area (Å²) in [7, 11) is 0. The molecule has 4 aromatic rings. The summed E-state index contributed by atoms with van der Waals surface area (Å²) in [5.74, 6) is 1.54. The fourth-order valence-corrected chi connectivity index (χ4v) is 3.07. The summed E-state index contributed by atoms with van der Waals surface area (Å²) in [5, 5.41) is 12.5. The van der Waals surface area contributed by atoms with Crippen molar-refractivity contribution in [3.05, 3.63) is 102 Å². The van der Waals surface area contributed by atoms with Gasteiger partial charge in [0.15, 0.2) is 11.6 Å². The molecule has 0 N–H and O–H groups in total. The van der Waals surface area contributed by atoms with E-state index in [1.54, 1.807) is 4.68 Å². The largest absolute Gasteiger partial charge is 0.311 e. The van der Waals surface area contributed by atoms with Gasteiger partial charge < -0.3 is 4.90 Å². The number of anilines is 3. The lowest BCUT2D eigenvalue weighted by atomic mass is 10.1. The van der Waals surface area contributed by atoms with Crippen LogP contribution in [0.2, 0.25) is 0 Å². The molecule has 3 aromatic carbocycles. The summed E-state index contributed by atoms with van der Waals surface area (Å²) in [6, 6.07) is 29.0. The summed E-state index contributed by atoms with van der Waals surface area (Å²) in [6.07, 6.45) is 1.82. The molecule has 138 valence electrons. The Morgan fingerprint density at radius 3 is 1.64 bits per heavy atom. The summed E-state index contributed by atoms with van der Waals surface area (Å²) < 4.78 is 1.73. The molecule has 0 bridgehead atoms. The molecule has 0 aliphatic heterocycles. The van der Waals surface area contributed by atoms with Gasteiger partial charge in [-0.05, 0) is 55.8 Å². The van der Waals surface area contributed by atoms with Crippen molar-refractivity contribution in [2.75, 3.05) is 4.90 Å². The zero-order valence-corrected chi connectivity index (χ0v) is 15.9. The Kier molecular flexibility index (Phi) is 4.97. The molecule has 1 heterocycles. The van der Waals surface area contributed by atoms with Crippen LogP contribution in [0.1, 0.15) is 17.2 Å². The topological polar surface area (TPSA) is 46.3 Å². The van der Waals surface area contributed by atoms with Crippen LogP contribution in [0.3, 0.4) is 0 Å². The van der Waals surface area contributed by atoms with Gasteiger partial charge in [-0.1, -0.05) is 48.5 Å². The SMILES string of the molecule is Cc1nnc(C)n1N=Cc1ccc(N(c2ccccc2)c2ccccc2)cc1. The van der Waals surface area contributed by atoms with Crippen LogP contribution < -0.4 is 4.90 Å². The molecule has 0 saturated carbocycles. The van der Waals surface area contributed by atoms with Crippen molar-refractivity contribution in [3.63, 3.8) is 0 Å². The average Bonchev–Trinajstić information content (AvgIpc) is 3.07. The van der Waals surface area contributed by atoms with Crippen LogP contribution >= 0.6 is 0 Å². The Hall–Kier alpha value is -3.73. The van der Waals surface area contributed by atoms with Gasteiger partial charge in [0.2, 0.25) is 0 Å². The number of hydrogen-bond acceptors (Lipinski definition) is 4. The highest BCUT2D eigenvalue weighted by Gasteiger charge is 2.11. The van der Waals surface area contributed by atoms with Gasteiger partial charge in [-0.3, -0.25) is 0 Å². The second-order valence-corrected chi connectivity index (χ2v) is 6.45. The van der Waals surface area contributed by atoms with Crippen LogP contribution in [0.4, 0.5) is 17.1 Å². The lowest BCUT2D eigenvalue weighted by Crippen LogP contribution is -2.09. The van der Waals surface area contributed by atoms with E-state index in [2.05, 4.69) is 93.0 Å². The van der Waals surface area contributed by atoms with E-state index >= 15 is 0 Å². The predicted octanol–water partition coefficient (Wildman–Crippen LogP) is 5.25. The summed E-state index contributed by atoms with van der Waals surface area (Å²) in [4.78, 5) is 2.23. The Labute approximate surface area is 164 Å². The Morgan fingerprint density at radius 2 is 1.14 bits per heavy atom. The minimum Gasteiger partial charge on any atom is -0.311 e. The normalized spacial score (nSPS) is 11.1. The zero-order chi connectivity index (χ0) is 19.3. The Balaban J connectivity index is 1.65. The van der Waals surface area contributed by atoms with Crippen LogP contribution in [0.5, 0.6) is 0 Å². The molecule has 0 aliphatic rings. The van der Waals surface area contributed by atoms with Crippen LogP contribution in [0.25, 0.3) is 0 Å². The fraction of sp³-hybridized carbons (Fsp3) is 0.0870. The number of aryl methyl sites for hydroxylation is 2. The molecule has 0 fully saturated rings. The second-order valence-electron chi connectivity index (χ2n) is 6.45. The highest BCUT2D eigenvalue weighted by molar-refractivity contribution is 5.82. The Bertz CT molecular complexity index is 1010. The highest BCUT2D eigenvalue weighted by Crippen LogP contribution is 2.33. The van der Waals surface area contributed by atoms with Crippen LogP contribution in [-0.4, -0.2) is 21.1 Å². The number of aromatic nitrogens is 3. The molecule has 0 amide bonds. The van der Waals surface area contributed by atoms with Crippen molar-refractivity contribution in [2.24, 2.45) is 5.10 Å². The van der Waals surface area contributed by atoms with Crippen molar-refractivity contribution in [1.29, 1.82) is 0 Å². The van der Waals surface area contributed by atoms with E-state index in [9.17, 15) is 0 Å². The first-order valence-electron chi connectivity index (χ1n) is 9.15. The summed E-state index contributed by atoms with van der Waals surface area (Å²) in [5.41, 5.74) is 4.33. The number of rotatable bonds is 5. The van der Waals surface area contributed by atoms with Gasteiger partial charge >= 0.3 is 0 Å². The molecule has 4 rings (SSSR count). The molecular weight excluding hydrogens is 346 g/mol. The van der Waals surface area contributed by atoms with Crippen molar-refractivity contribution in [2.45, 2.75) is 13.8 Å². The number of para-hydroxylation sites is 2. The molecule has 5 nitrogen and oxygen atoms in total. The second kappa shape index (κ2) is 7.88. The number of hydrogen-bond donors (Lipinski definition) is 0. The van der Waals surface area contributed by atoms with Gasteiger partial charge in [0.1, 0.15) is 0 Å².